The normalized spacial score (nSPS) is 13.1. The third kappa shape index (κ3) is 4.80. The molecule has 2 aromatic heterocycles. The SMILES string of the molecule is CC(=O)n1cc(C(C[N+](=O)[O-])SC(C[N+](=O)[O-])c2cn(C(C)=O)c3ccccc23)c2ccccc21. The largest absolute Gasteiger partial charge is 0.287 e. The Bertz CT molecular complexity index is 1360. The highest BCUT2D eigenvalue weighted by atomic mass is 32.2. The van der Waals surface area contributed by atoms with E-state index in [-0.39, 0.29) is 11.8 Å². The number of carbonyl (C=O) groups is 2. The van der Waals surface area contributed by atoms with E-state index >= 15 is 0 Å². The third-order valence-electron chi connectivity index (χ3n) is 5.82. The molecule has 10 nitrogen and oxygen atoms in total. The van der Waals surface area contributed by atoms with Crippen LogP contribution in [0.15, 0.2) is 60.9 Å². The van der Waals surface area contributed by atoms with Crippen molar-refractivity contribution in [1.29, 1.82) is 0 Å². The monoisotopic (exact) mass is 494 g/mol. The number of para-hydroxylation sites is 2. The number of fused-ring (bicyclic) bond motifs is 2. The minimum Gasteiger partial charge on any atom is -0.287 e. The van der Waals surface area contributed by atoms with E-state index in [1.165, 1.54) is 23.0 Å². The van der Waals surface area contributed by atoms with Gasteiger partial charge in [0.2, 0.25) is 24.9 Å². The number of aromatic nitrogens is 2. The Hall–Kier alpha value is -3.99. The molecule has 0 aliphatic rings. The quantitative estimate of drug-likeness (QED) is 0.249. The number of nitro groups is 2. The molecule has 0 saturated carbocycles. The second-order valence-electron chi connectivity index (χ2n) is 8.13. The van der Waals surface area contributed by atoms with Crippen LogP contribution >= 0.6 is 11.8 Å². The molecule has 0 radical (unpaired) electrons. The molecular formula is C24H22N4O6S. The van der Waals surface area contributed by atoms with E-state index in [0.29, 0.717) is 32.9 Å². The van der Waals surface area contributed by atoms with Gasteiger partial charge in [-0.1, -0.05) is 36.4 Å². The Labute approximate surface area is 203 Å². The lowest BCUT2D eigenvalue weighted by atomic mass is 10.1. The van der Waals surface area contributed by atoms with Gasteiger partial charge in [-0.05, 0) is 23.3 Å². The van der Waals surface area contributed by atoms with Crippen molar-refractivity contribution >= 4 is 45.4 Å². The fourth-order valence-corrected chi connectivity index (χ4v) is 5.83. The Morgan fingerprint density at radius 2 is 1.14 bits per heavy atom. The van der Waals surface area contributed by atoms with Gasteiger partial charge in [0.05, 0.1) is 21.5 Å². The smallest absolute Gasteiger partial charge is 0.227 e. The van der Waals surface area contributed by atoms with Crippen LogP contribution in [-0.4, -0.2) is 43.9 Å². The van der Waals surface area contributed by atoms with Crippen LogP contribution in [0, 0.1) is 20.2 Å². The number of carbonyl (C=O) groups excluding carboxylic acids is 2. The molecule has 180 valence electrons. The minimum absolute atomic E-state index is 0.247. The van der Waals surface area contributed by atoms with Gasteiger partial charge in [-0.3, -0.25) is 39.0 Å². The first kappa shape index (κ1) is 24.1. The van der Waals surface area contributed by atoms with Gasteiger partial charge in [0, 0.05) is 46.9 Å². The van der Waals surface area contributed by atoms with Crippen LogP contribution < -0.4 is 0 Å². The van der Waals surface area contributed by atoms with Gasteiger partial charge >= 0.3 is 0 Å². The van der Waals surface area contributed by atoms with Gasteiger partial charge in [-0.2, -0.15) is 0 Å². The molecule has 0 amide bonds. The van der Waals surface area contributed by atoms with Gasteiger partial charge in [0.25, 0.3) is 0 Å². The highest BCUT2D eigenvalue weighted by Gasteiger charge is 2.32. The molecule has 2 aromatic carbocycles. The van der Waals surface area contributed by atoms with Gasteiger partial charge in [0.15, 0.2) is 0 Å². The summed E-state index contributed by atoms with van der Waals surface area (Å²) in [7, 11) is 0. The van der Waals surface area contributed by atoms with Gasteiger partial charge in [-0.15, -0.1) is 11.8 Å². The predicted molar refractivity (Wildman–Crippen MR) is 133 cm³/mol. The maximum Gasteiger partial charge on any atom is 0.227 e. The van der Waals surface area contributed by atoms with Crippen molar-refractivity contribution in [3.8, 4) is 0 Å². The van der Waals surface area contributed by atoms with Gasteiger partial charge in [0.1, 0.15) is 0 Å². The summed E-state index contributed by atoms with van der Waals surface area (Å²) in [5.41, 5.74) is 2.34. The molecule has 4 rings (SSSR count). The molecule has 2 atom stereocenters. The topological polar surface area (TPSA) is 130 Å². The molecule has 0 saturated heterocycles. The van der Waals surface area contributed by atoms with Crippen molar-refractivity contribution in [2.24, 2.45) is 0 Å². The molecule has 4 aromatic rings. The Morgan fingerprint density at radius 1 is 0.771 bits per heavy atom. The lowest BCUT2D eigenvalue weighted by molar-refractivity contribution is -0.481. The molecule has 0 spiro atoms. The molecule has 11 heteroatoms. The predicted octanol–water partition coefficient (Wildman–Crippen LogP) is 4.99. The summed E-state index contributed by atoms with van der Waals surface area (Å²) < 4.78 is 2.87. The third-order valence-corrected chi connectivity index (χ3v) is 7.28. The van der Waals surface area contributed by atoms with E-state index in [4.69, 9.17) is 0 Å². The first-order valence-electron chi connectivity index (χ1n) is 10.8. The maximum atomic E-state index is 12.2. The molecule has 2 unspecified atom stereocenters. The Morgan fingerprint density at radius 3 is 1.49 bits per heavy atom. The van der Waals surface area contributed by atoms with E-state index in [1.54, 1.807) is 60.9 Å². The lowest BCUT2D eigenvalue weighted by Gasteiger charge is -2.18. The van der Waals surface area contributed by atoms with E-state index in [1.807, 2.05) is 0 Å². The van der Waals surface area contributed by atoms with Crippen molar-refractivity contribution in [1.82, 2.24) is 9.13 Å². The maximum absolute atomic E-state index is 12.2. The van der Waals surface area contributed by atoms with Crippen molar-refractivity contribution in [2.45, 2.75) is 24.3 Å². The van der Waals surface area contributed by atoms with E-state index in [0.717, 1.165) is 11.8 Å². The summed E-state index contributed by atoms with van der Waals surface area (Å²) in [5.74, 6) is -0.493. The molecule has 0 aliphatic heterocycles. The first-order valence-corrected chi connectivity index (χ1v) is 11.7. The number of benzene rings is 2. The number of nitrogens with zero attached hydrogens (tertiary/aromatic N) is 4. The Balaban J connectivity index is 1.86. The molecule has 2 heterocycles. The van der Waals surface area contributed by atoms with Crippen LogP contribution in [0.4, 0.5) is 0 Å². The van der Waals surface area contributed by atoms with E-state index < -0.39 is 33.4 Å². The highest BCUT2D eigenvalue weighted by molar-refractivity contribution is 7.99. The number of hydrogen-bond acceptors (Lipinski definition) is 7. The summed E-state index contributed by atoms with van der Waals surface area (Å²) in [6.07, 6.45) is 3.16. The number of hydrogen-bond donors (Lipinski definition) is 0. The van der Waals surface area contributed by atoms with Gasteiger partial charge in [-0.25, -0.2) is 0 Å². The summed E-state index contributed by atoms with van der Waals surface area (Å²) in [4.78, 5) is 46.8. The average Bonchev–Trinajstić information content (AvgIpc) is 3.37. The van der Waals surface area contributed by atoms with Crippen LogP contribution in [0.25, 0.3) is 21.8 Å². The molecule has 0 aliphatic carbocycles. The van der Waals surface area contributed by atoms with Crippen molar-refractivity contribution in [3.05, 3.63) is 92.3 Å². The van der Waals surface area contributed by atoms with Crippen LogP contribution in [0.1, 0.15) is 45.1 Å². The fourth-order valence-electron chi connectivity index (χ4n) is 4.34. The van der Waals surface area contributed by atoms with Gasteiger partial charge < -0.3 is 0 Å². The van der Waals surface area contributed by atoms with Crippen LogP contribution in [0.2, 0.25) is 0 Å². The molecular weight excluding hydrogens is 472 g/mol. The summed E-state index contributed by atoms with van der Waals surface area (Å²) in [6, 6.07) is 14.2. The van der Waals surface area contributed by atoms with Crippen LogP contribution in [0.3, 0.4) is 0 Å². The second-order valence-corrected chi connectivity index (χ2v) is 9.54. The molecule has 35 heavy (non-hydrogen) atoms. The fraction of sp³-hybridized carbons (Fsp3) is 0.250. The second kappa shape index (κ2) is 9.71. The molecule has 0 N–H and O–H groups in total. The van der Waals surface area contributed by atoms with Crippen LogP contribution in [0.5, 0.6) is 0 Å². The van der Waals surface area contributed by atoms with Crippen LogP contribution in [-0.2, 0) is 0 Å². The lowest BCUT2D eigenvalue weighted by Crippen LogP contribution is -2.16. The zero-order valence-corrected chi connectivity index (χ0v) is 19.8. The number of rotatable bonds is 8. The van der Waals surface area contributed by atoms with Crippen molar-refractivity contribution in [2.75, 3.05) is 13.1 Å². The zero-order valence-electron chi connectivity index (χ0n) is 19.0. The highest BCUT2D eigenvalue weighted by Crippen LogP contribution is 2.45. The molecule has 0 bridgehead atoms. The minimum atomic E-state index is -0.778. The van der Waals surface area contributed by atoms with Crippen molar-refractivity contribution in [3.63, 3.8) is 0 Å². The summed E-state index contributed by atoms with van der Waals surface area (Å²) in [6.45, 7) is 1.82. The van der Waals surface area contributed by atoms with E-state index in [9.17, 15) is 29.8 Å². The van der Waals surface area contributed by atoms with Crippen molar-refractivity contribution < 1.29 is 19.4 Å². The number of thioether (sulfide) groups is 1. The average molecular weight is 495 g/mol. The standard InChI is InChI=1S/C24H22N4O6S/c1-15(29)25-11-19(17-7-3-5-9-21(17)25)23(13-27(31)32)35-24(14-28(33)34)20-12-26(16(2)30)22-10-6-4-8-18(20)22/h3-12,23-24H,13-14H2,1-2H3. The summed E-state index contributed by atoms with van der Waals surface area (Å²) in [5, 5.41) is 23.1. The molecule has 0 fully saturated rings. The van der Waals surface area contributed by atoms with E-state index in [2.05, 4.69) is 0 Å². The first-order chi connectivity index (χ1) is 16.7. The summed E-state index contributed by atoms with van der Waals surface area (Å²) >= 11 is 1.10. The zero-order chi connectivity index (χ0) is 25.3. The Kier molecular flexibility index (Phi) is 6.70.